The quantitative estimate of drug-likeness (QED) is 0.849. The second-order valence-corrected chi connectivity index (χ2v) is 3.76. The third-order valence-corrected chi connectivity index (χ3v) is 2.35. The number of hydrogen-bond donors (Lipinski definition) is 2. The topological polar surface area (TPSA) is 54.7 Å². The predicted molar refractivity (Wildman–Crippen MR) is 58.0 cm³/mol. The number of halogens is 3. The number of nitrogens with one attached hydrogen (secondary N) is 1. The summed E-state index contributed by atoms with van der Waals surface area (Å²) < 4.78 is 39.6. The van der Waals surface area contributed by atoms with Crippen LogP contribution in [0.4, 0.5) is 19.0 Å². The number of benzene rings is 1. The van der Waals surface area contributed by atoms with E-state index in [1.165, 1.54) is 18.2 Å². The Morgan fingerprint density at radius 1 is 1.35 bits per heavy atom. The molecule has 0 spiro atoms. The monoisotopic (exact) mass is 241 g/mol. The normalized spacial score (nSPS) is 11.8. The van der Waals surface area contributed by atoms with Gasteiger partial charge in [0.1, 0.15) is 11.5 Å². The van der Waals surface area contributed by atoms with Gasteiger partial charge < -0.3 is 5.73 Å². The van der Waals surface area contributed by atoms with Gasteiger partial charge in [0, 0.05) is 6.92 Å². The van der Waals surface area contributed by atoms with Gasteiger partial charge in [0.05, 0.1) is 5.56 Å². The van der Waals surface area contributed by atoms with E-state index < -0.39 is 17.4 Å². The number of nitrogen functional groups attached to an aromatic ring is 1. The molecule has 1 heterocycles. The van der Waals surface area contributed by atoms with E-state index in [0.717, 1.165) is 13.0 Å². The number of nitrogens with zero attached hydrogens (tertiary/aromatic N) is 1. The molecule has 6 heteroatoms. The molecule has 0 radical (unpaired) electrons. The molecule has 0 saturated carbocycles. The van der Waals surface area contributed by atoms with E-state index in [1.807, 2.05) is 0 Å². The Morgan fingerprint density at radius 3 is 2.65 bits per heavy atom. The number of H-pyrrole nitrogens is 1. The van der Waals surface area contributed by atoms with Crippen molar-refractivity contribution in [3.05, 3.63) is 35.8 Å². The molecule has 90 valence electrons. The summed E-state index contributed by atoms with van der Waals surface area (Å²) in [6.07, 6.45) is 0. The average molecular weight is 241 g/mol. The maximum atomic E-state index is 13.3. The van der Waals surface area contributed by atoms with Crippen LogP contribution in [0.2, 0.25) is 0 Å². The lowest BCUT2D eigenvalue weighted by molar-refractivity contribution is 0.0133. The van der Waals surface area contributed by atoms with E-state index in [4.69, 9.17) is 5.73 Å². The summed E-state index contributed by atoms with van der Waals surface area (Å²) in [5.74, 6) is -3.72. The molecule has 3 N–H and O–H groups in total. The largest absolute Gasteiger partial charge is 0.382 e. The second-order valence-electron chi connectivity index (χ2n) is 3.76. The Balaban J connectivity index is 2.63. The molecule has 0 atom stereocenters. The second kappa shape index (κ2) is 3.80. The van der Waals surface area contributed by atoms with Crippen molar-refractivity contribution in [2.45, 2.75) is 12.8 Å². The van der Waals surface area contributed by atoms with E-state index in [-0.39, 0.29) is 16.9 Å². The fourth-order valence-electron chi connectivity index (χ4n) is 1.61. The maximum absolute atomic E-state index is 13.3. The molecular weight excluding hydrogens is 231 g/mol. The summed E-state index contributed by atoms with van der Waals surface area (Å²) in [4.78, 5) is 0. The Kier molecular flexibility index (Phi) is 2.57. The summed E-state index contributed by atoms with van der Waals surface area (Å²) >= 11 is 0. The van der Waals surface area contributed by atoms with E-state index in [0.29, 0.717) is 0 Å². The van der Waals surface area contributed by atoms with Gasteiger partial charge in [-0.2, -0.15) is 13.9 Å². The molecule has 0 aliphatic rings. The van der Waals surface area contributed by atoms with Crippen LogP contribution in [0.5, 0.6) is 0 Å². The average Bonchev–Trinajstić information content (AvgIpc) is 2.59. The van der Waals surface area contributed by atoms with Gasteiger partial charge in [-0.25, -0.2) is 4.39 Å². The first kappa shape index (κ1) is 11.5. The molecule has 0 unspecified atom stereocenters. The van der Waals surface area contributed by atoms with Gasteiger partial charge in [-0.1, -0.05) is 12.1 Å². The smallest absolute Gasteiger partial charge is 0.287 e. The van der Waals surface area contributed by atoms with Gasteiger partial charge in [0.15, 0.2) is 5.82 Å². The molecule has 1 aromatic carbocycles. The van der Waals surface area contributed by atoms with E-state index >= 15 is 0 Å². The van der Waals surface area contributed by atoms with Crippen molar-refractivity contribution >= 4 is 5.82 Å². The lowest BCUT2D eigenvalue weighted by atomic mass is 10.0. The van der Waals surface area contributed by atoms with Crippen LogP contribution in [0, 0.1) is 5.82 Å². The van der Waals surface area contributed by atoms with Crippen molar-refractivity contribution in [1.29, 1.82) is 0 Å². The zero-order valence-corrected chi connectivity index (χ0v) is 8.97. The van der Waals surface area contributed by atoms with Crippen LogP contribution in [-0.4, -0.2) is 10.2 Å². The molecular formula is C11H10F3N3. The fourth-order valence-corrected chi connectivity index (χ4v) is 1.61. The van der Waals surface area contributed by atoms with Crippen LogP contribution < -0.4 is 5.73 Å². The van der Waals surface area contributed by atoms with E-state index in [9.17, 15) is 13.2 Å². The summed E-state index contributed by atoms with van der Waals surface area (Å²) in [5.41, 5.74) is 5.42. The lowest BCUT2D eigenvalue weighted by Gasteiger charge is -2.10. The van der Waals surface area contributed by atoms with E-state index in [1.54, 1.807) is 0 Å². The van der Waals surface area contributed by atoms with Crippen LogP contribution in [0.1, 0.15) is 12.6 Å². The number of anilines is 1. The minimum atomic E-state index is -3.12. The number of alkyl halides is 2. The molecule has 0 aliphatic carbocycles. The lowest BCUT2D eigenvalue weighted by Crippen LogP contribution is -2.09. The van der Waals surface area contributed by atoms with Crippen LogP contribution in [-0.2, 0) is 5.92 Å². The highest BCUT2D eigenvalue weighted by molar-refractivity contribution is 5.76. The number of rotatable bonds is 2. The number of hydrogen-bond acceptors (Lipinski definition) is 2. The van der Waals surface area contributed by atoms with Gasteiger partial charge in [-0.05, 0) is 17.7 Å². The van der Waals surface area contributed by atoms with Crippen molar-refractivity contribution in [3.63, 3.8) is 0 Å². The minimum Gasteiger partial charge on any atom is -0.382 e. The molecule has 17 heavy (non-hydrogen) atoms. The Morgan fingerprint density at radius 2 is 2.06 bits per heavy atom. The number of aromatic nitrogens is 2. The van der Waals surface area contributed by atoms with Gasteiger partial charge >= 0.3 is 0 Å². The number of aromatic amines is 1. The molecule has 1 aromatic heterocycles. The van der Waals surface area contributed by atoms with Crippen molar-refractivity contribution in [3.8, 4) is 11.1 Å². The summed E-state index contributed by atoms with van der Waals surface area (Å²) in [7, 11) is 0. The third kappa shape index (κ3) is 2.11. The van der Waals surface area contributed by atoms with Crippen molar-refractivity contribution in [1.82, 2.24) is 10.2 Å². The SMILES string of the molecule is CC(F)(F)c1[nH]nc(N)c1-c1cccc(F)c1. The van der Waals surface area contributed by atoms with Crippen molar-refractivity contribution in [2.24, 2.45) is 0 Å². The number of nitrogens with two attached hydrogens (primary N) is 1. The zero-order valence-electron chi connectivity index (χ0n) is 8.97. The fraction of sp³-hybridized carbons (Fsp3) is 0.182. The highest BCUT2D eigenvalue weighted by atomic mass is 19.3. The van der Waals surface area contributed by atoms with Crippen LogP contribution in [0.3, 0.4) is 0 Å². The van der Waals surface area contributed by atoms with Gasteiger partial charge in [-0.15, -0.1) is 0 Å². The third-order valence-electron chi connectivity index (χ3n) is 2.35. The molecule has 0 bridgehead atoms. The van der Waals surface area contributed by atoms with Crippen LogP contribution >= 0.6 is 0 Å². The standard InChI is InChI=1S/C11H10F3N3/c1-11(13,14)9-8(10(15)17-16-9)6-3-2-4-7(12)5-6/h2-5H,1H3,(H3,15,16,17). The molecule has 2 rings (SSSR count). The maximum Gasteiger partial charge on any atom is 0.287 e. The summed E-state index contributed by atoms with van der Waals surface area (Å²) in [5, 5.41) is 5.72. The van der Waals surface area contributed by atoms with Crippen LogP contribution in [0.15, 0.2) is 24.3 Å². The molecule has 2 aromatic rings. The summed E-state index contributed by atoms with van der Waals surface area (Å²) in [6, 6.07) is 5.29. The Bertz CT molecular complexity index is 543. The van der Waals surface area contributed by atoms with Gasteiger partial charge in [-0.3, -0.25) is 5.10 Å². The molecule has 0 fully saturated rings. The van der Waals surface area contributed by atoms with Crippen LogP contribution in [0.25, 0.3) is 11.1 Å². The molecule has 0 saturated heterocycles. The predicted octanol–water partition coefficient (Wildman–Crippen LogP) is 2.91. The van der Waals surface area contributed by atoms with Crippen molar-refractivity contribution < 1.29 is 13.2 Å². The van der Waals surface area contributed by atoms with Gasteiger partial charge in [0.25, 0.3) is 5.92 Å². The highest BCUT2D eigenvalue weighted by Gasteiger charge is 2.32. The Hall–Kier alpha value is -1.98. The van der Waals surface area contributed by atoms with E-state index in [2.05, 4.69) is 10.2 Å². The first-order valence-corrected chi connectivity index (χ1v) is 4.87. The Labute approximate surface area is 95.5 Å². The first-order valence-electron chi connectivity index (χ1n) is 4.87. The van der Waals surface area contributed by atoms with Crippen molar-refractivity contribution in [2.75, 3.05) is 5.73 Å². The summed E-state index contributed by atoms with van der Waals surface area (Å²) in [6.45, 7) is 0.725. The minimum absolute atomic E-state index is 0.0389. The molecule has 0 aliphatic heterocycles. The molecule has 3 nitrogen and oxygen atoms in total. The molecule has 0 amide bonds. The zero-order chi connectivity index (χ0) is 12.6. The van der Waals surface area contributed by atoms with Gasteiger partial charge in [0.2, 0.25) is 0 Å². The highest BCUT2D eigenvalue weighted by Crippen LogP contribution is 2.37. The first-order chi connectivity index (χ1) is 7.89.